The third kappa shape index (κ3) is 12.9. The third-order valence-electron chi connectivity index (χ3n) is 11.4. The standard InChI is InChI=1S/C19H18ClN3O.C19H19N3O.C15H16FN3O/c20-15-4-7-17-14(11-15)3-8-19(23-17)22-16-5-1-13(2-6-16)18-12-21-9-10-24-18;1-2-4-17-14(3-1)7-10-19(22-17)21-16-8-5-15(6-9-16)18-13-20-11-12-23-18;16-12-7-14(9-18-8-12)19-13-3-1-11(2-4-13)15-10-17-5-6-20-15/h1-8,11,18,21H,9-10,12H2,(H,22,23);1-10,18,20H,11-13H2,(H,21,22);1-4,7-9,15,17,19H,5-6,10H2/t2*18-;15-/m111/s1. The van der Waals surface area contributed by atoms with Gasteiger partial charge < -0.3 is 46.1 Å². The lowest BCUT2D eigenvalue weighted by Gasteiger charge is -2.24. The Bertz CT molecular complexity index is 2820. The van der Waals surface area contributed by atoms with Crippen molar-refractivity contribution in [3.63, 3.8) is 0 Å². The molecule has 12 nitrogen and oxygen atoms in total. The van der Waals surface area contributed by atoms with E-state index in [-0.39, 0.29) is 24.1 Å². The first-order chi connectivity index (χ1) is 33.0. The molecule has 0 radical (unpaired) electrons. The van der Waals surface area contributed by atoms with Crippen molar-refractivity contribution in [1.29, 1.82) is 0 Å². The van der Waals surface area contributed by atoms with Crippen molar-refractivity contribution in [2.24, 2.45) is 0 Å². The predicted molar refractivity (Wildman–Crippen MR) is 267 cm³/mol. The Balaban J connectivity index is 0.000000127. The minimum absolute atomic E-state index is 0.105. The predicted octanol–water partition coefficient (Wildman–Crippen LogP) is 10.6. The van der Waals surface area contributed by atoms with Crippen LogP contribution in [0.3, 0.4) is 0 Å². The Hall–Kier alpha value is -6.55. The van der Waals surface area contributed by atoms with Crippen molar-refractivity contribution < 1.29 is 18.6 Å². The zero-order chi connectivity index (χ0) is 45.6. The molecule has 3 aliphatic rings. The van der Waals surface area contributed by atoms with Crippen LogP contribution in [0, 0.1) is 5.82 Å². The lowest BCUT2D eigenvalue weighted by Crippen LogP contribution is -2.33. The Morgan fingerprint density at radius 2 is 0.955 bits per heavy atom. The minimum atomic E-state index is -0.353. The molecule has 8 aromatic rings. The van der Waals surface area contributed by atoms with Gasteiger partial charge in [0, 0.05) is 78.2 Å². The first-order valence-electron chi connectivity index (χ1n) is 22.6. The number of ether oxygens (including phenoxy) is 3. The van der Waals surface area contributed by atoms with Gasteiger partial charge in [0.25, 0.3) is 0 Å². The normalized spacial score (nSPS) is 18.1. The first-order valence-corrected chi connectivity index (χ1v) is 23.0. The summed E-state index contributed by atoms with van der Waals surface area (Å²) in [5.74, 6) is 1.31. The molecule has 67 heavy (non-hydrogen) atoms. The fourth-order valence-corrected chi connectivity index (χ4v) is 8.11. The molecule has 3 saturated heterocycles. The molecule has 5 aromatic carbocycles. The minimum Gasteiger partial charge on any atom is -0.371 e. The van der Waals surface area contributed by atoms with Gasteiger partial charge in [0.15, 0.2) is 0 Å². The summed E-state index contributed by atoms with van der Waals surface area (Å²) in [4.78, 5) is 13.1. The second-order valence-corrected chi connectivity index (χ2v) is 16.7. The van der Waals surface area contributed by atoms with Crippen LogP contribution in [0.1, 0.15) is 35.0 Å². The zero-order valence-corrected chi connectivity index (χ0v) is 37.7. The number of nitrogens with zero attached hydrogens (tertiary/aromatic N) is 3. The van der Waals surface area contributed by atoms with Crippen LogP contribution in [0.4, 0.5) is 38.8 Å². The summed E-state index contributed by atoms with van der Waals surface area (Å²) in [6, 6.07) is 47.9. The fraction of sp³-hybridized carbons (Fsp3) is 0.226. The molecule has 0 saturated carbocycles. The maximum atomic E-state index is 13.1. The summed E-state index contributed by atoms with van der Waals surface area (Å²) >= 11 is 6.01. The quantitative estimate of drug-likeness (QED) is 0.0822. The number of fused-ring (bicyclic) bond motifs is 2. The monoisotopic (exact) mass is 917 g/mol. The van der Waals surface area contributed by atoms with Crippen molar-refractivity contribution in [2.45, 2.75) is 18.3 Å². The van der Waals surface area contributed by atoms with Crippen LogP contribution >= 0.6 is 11.6 Å². The number of benzene rings is 5. The van der Waals surface area contributed by atoms with E-state index in [0.29, 0.717) is 5.69 Å². The number of morpholine rings is 3. The molecule has 11 rings (SSSR count). The molecule has 3 fully saturated rings. The molecule has 0 bridgehead atoms. The lowest BCUT2D eigenvalue weighted by atomic mass is 10.1. The Labute approximate surface area is 394 Å². The highest BCUT2D eigenvalue weighted by Gasteiger charge is 2.17. The lowest BCUT2D eigenvalue weighted by molar-refractivity contribution is 0.0276. The first kappa shape index (κ1) is 45.6. The highest BCUT2D eigenvalue weighted by molar-refractivity contribution is 6.31. The van der Waals surface area contributed by atoms with Gasteiger partial charge in [-0.3, -0.25) is 4.98 Å². The van der Waals surface area contributed by atoms with Gasteiger partial charge in [-0.15, -0.1) is 0 Å². The number of pyridine rings is 3. The molecule has 3 atom stereocenters. The van der Waals surface area contributed by atoms with Gasteiger partial charge in [-0.1, -0.05) is 66.2 Å². The van der Waals surface area contributed by atoms with Crippen LogP contribution < -0.4 is 31.9 Å². The summed E-state index contributed by atoms with van der Waals surface area (Å²) in [6.07, 6.45) is 3.16. The molecule has 0 unspecified atom stereocenters. The van der Waals surface area contributed by atoms with Crippen LogP contribution in [0.25, 0.3) is 21.8 Å². The largest absolute Gasteiger partial charge is 0.371 e. The number of para-hydroxylation sites is 1. The molecule has 6 heterocycles. The molecule has 0 amide bonds. The van der Waals surface area contributed by atoms with E-state index in [2.05, 4.69) is 108 Å². The highest BCUT2D eigenvalue weighted by Crippen LogP contribution is 2.27. The Kier molecular flexibility index (Phi) is 15.5. The highest BCUT2D eigenvalue weighted by atomic mass is 35.5. The van der Waals surface area contributed by atoms with Gasteiger partial charge in [0.1, 0.15) is 17.5 Å². The van der Waals surface area contributed by atoms with Gasteiger partial charge in [-0.05, 0) is 102 Å². The molecule has 0 spiro atoms. The average Bonchev–Trinajstić information content (AvgIpc) is 3.38. The van der Waals surface area contributed by atoms with E-state index in [1.807, 2.05) is 78.9 Å². The van der Waals surface area contributed by atoms with E-state index in [1.165, 1.54) is 23.4 Å². The average molecular weight is 919 g/mol. The molecule has 6 N–H and O–H groups in total. The smallest absolute Gasteiger partial charge is 0.143 e. The van der Waals surface area contributed by atoms with E-state index in [0.717, 1.165) is 120 Å². The van der Waals surface area contributed by atoms with Gasteiger partial charge in [0.2, 0.25) is 0 Å². The molecule has 3 aliphatic heterocycles. The Morgan fingerprint density at radius 1 is 0.478 bits per heavy atom. The van der Waals surface area contributed by atoms with Crippen molar-refractivity contribution in [3.05, 3.63) is 186 Å². The van der Waals surface area contributed by atoms with Crippen molar-refractivity contribution in [2.75, 3.05) is 75.0 Å². The summed E-state index contributed by atoms with van der Waals surface area (Å²) in [6.45, 7) is 7.60. The Morgan fingerprint density at radius 3 is 1.45 bits per heavy atom. The van der Waals surface area contributed by atoms with Gasteiger partial charge in [-0.2, -0.15) is 0 Å². The van der Waals surface area contributed by atoms with E-state index >= 15 is 0 Å². The van der Waals surface area contributed by atoms with Crippen molar-refractivity contribution >= 4 is 67.8 Å². The van der Waals surface area contributed by atoms with Crippen LogP contribution in [0.5, 0.6) is 0 Å². The molecule has 0 aliphatic carbocycles. The van der Waals surface area contributed by atoms with Crippen LogP contribution in [0.15, 0.2) is 158 Å². The van der Waals surface area contributed by atoms with Crippen molar-refractivity contribution in [1.82, 2.24) is 30.9 Å². The summed E-state index contributed by atoms with van der Waals surface area (Å²) in [5.41, 5.74) is 9.00. The number of rotatable bonds is 9. The van der Waals surface area contributed by atoms with E-state index in [9.17, 15) is 4.39 Å². The summed E-state index contributed by atoms with van der Waals surface area (Å²) in [5, 5.41) is 22.7. The number of halogens is 2. The van der Waals surface area contributed by atoms with Gasteiger partial charge in [0.05, 0.1) is 67.2 Å². The number of anilines is 6. The summed E-state index contributed by atoms with van der Waals surface area (Å²) in [7, 11) is 0. The fourth-order valence-electron chi connectivity index (χ4n) is 7.93. The molecule has 14 heteroatoms. The third-order valence-corrected chi connectivity index (χ3v) is 11.7. The topological polar surface area (TPSA) is 139 Å². The molecular formula is C53H53ClFN9O3. The van der Waals surface area contributed by atoms with Crippen molar-refractivity contribution in [3.8, 4) is 0 Å². The maximum Gasteiger partial charge on any atom is 0.143 e. The second kappa shape index (κ2) is 22.8. The summed E-state index contributed by atoms with van der Waals surface area (Å²) < 4.78 is 30.3. The maximum absolute atomic E-state index is 13.1. The SMILES string of the molecule is Clc1ccc2nc(Nc3ccc([C@H]4CNCCO4)cc3)ccc2c1.Fc1cncc(Nc2ccc([C@H]3CNCCO3)cc2)c1.c1ccc2nc(Nc3ccc([C@H]4CNCCO4)cc3)ccc2c1. The van der Waals surface area contributed by atoms with Crippen LogP contribution in [-0.4, -0.2) is 74.0 Å². The van der Waals surface area contributed by atoms with Crippen LogP contribution in [-0.2, 0) is 14.2 Å². The molecular weight excluding hydrogens is 865 g/mol. The molecule has 3 aromatic heterocycles. The second-order valence-electron chi connectivity index (χ2n) is 16.2. The van der Waals surface area contributed by atoms with E-state index in [4.69, 9.17) is 25.8 Å². The molecule has 342 valence electrons. The van der Waals surface area contributed by atoms with Crippen LogP contribution in [0.2, 0.25) is 5.02 Å². The van der Waals surface area contributed by atoms with E-state index < -0.39 is 0 Å². The number of hydrogen-bond donors (Lipinski definition) is 6. The van der Waals surface area contributed by atoms with Gasteiger partial charge >= 0.3 is 0 Å². The van der Waals surface area contributed by atoms with E-state index in [1.54, 1.807) is 6.20 Å². The van der Waals surface area contributed by atoms with Gasteiger partial charge in [-0.25, -0.2) is 14.4 Å². The zero-order valence-electron chi connectivity index (χ0n) is 36.9. The number of hydrogen-bond acceptors (Lipinski definition) is 12. The number of nitrogens with one attached hydrogen (secondary N) is 6. The number of aromatic nitrogens is 3.